The van der Waals surface area contributed by atoms with Gasteiger partial charge in [0.15, 0.2) is 0 Å². The lowest BCUT2D eigenvalue weighted by atomic mass is 9.98. The van der Waals surface area contributed by atoms with Gasteiger partial charge in [0.25, 0.3) is 5.91 Å². The van der Waals surface area contributed by atoms with Gasteiger partial charge in [-0.15, -0.1) is 0 Å². The number of hydrogen-bond donors (Lipinski definition) is 2. The molecule has 0 spiro atoms. The largest absolute Gasteiger partial charge is 0.459 e. The Morgan fingerprint density at radius 2 is 1.85 bits per heavy atom. The number of nitrogens with two attached hydrogens (primary N) is 1. The van der Waals surface area contributed by atoms with Crippen molar-refractivity contribution in [3.63, 3.8) is 0 Å². The molecule has 7 rings (SSSR count). The topological polar surface area (TPSA) is 124 Å². The fraction of sp³-hybridized carbons (Fsp3) is 0.241. The smallest absolute Gasteiger partial charge is 0.420 e. The number of carbonyl (C=O) groups is 2. The quantitative estimate of drug-likeness (QED) is 0.333. The minimum absolute atomic E-state index is 0.0641. The molecule has 210 valence electrons. The standard InChI is InChI=1S/C29H24F3N5O4/c30-29(31,32)23-9-18(24-4-3-17(12-34-24)28(39)37-14-21-10-22(15-37)40-21)7-19-8-20(41-27(19)23)13-36-26(38)6-2-16-1-5-25(33)35-11-16/h1-9,11-12,21-22H,10,13-15H2,(H2,33,35)(H,36,38). The Bertz CT molecular complexity index is 1630. The van der Waals surface area contributed by atoms with Crippen LogP contribution in [0, 0.1) is 0 Å². The van der Waals surface area contributed by atoms with E-state index in [4.69, 9.17) is 14.9 Å². The summed E-state index contributed by atoms with van der Waals surface area (Å²) in [5.74, 6) is -0.154. The second-order valence-corrected chi connectivity index (χ2v) is 9.98. The van der Waals surface area contributed by atoms with Gasteiger partial charge in [0.1, 0.15) is 17.2 Å². The van der Waals surface area contributed by atoms with Crippen LogP contribution in [0.5, 0.6) is 0 Å². The normalized spacial score (nSPS) is 18.5. The van der Waals surface area contributed by atoms with Crippen molar-refractivity contribution in [2.24, 2.45) is 0 Å². The van der Waals surface area contributed by atoms with Crippen molar-refractivity contribution in [1.29, 1.82) is 0 Å². The molecule has 1 aromatic carbocycles. The van der Waals surface area contributed by atoms with Crippen LogP contribution in [0.1, 0.15) is 33.7 Å². The average molecular weight is 564 g/mol. The molecule has 4 aromatic rings. The number of hydrogen-bond acceptors (Lipinski definition) is 7. The maximum Gasteiger partial charge on any atom is 0.420 e. The number of alkyl halides is 3. The number of carbonyl (C=O) groups excluding carboxylic acids is 2. The molecule has 3 fully saturated rings. The zero-order valence-corrected chi connectivity index (χ0v) is 21.5. The van der Waals surface area contributed by atoms with Crippen LogP contribution < -0.4 is 11.1 Å². The third-order valence-electron chi connectivity index (χ3n) is 7.00. The fourth-order valence-corrected chi connectivity index (χ4v) is 4.97. The van der Waals surface area contributed by atoms with Gasteiger partial charge in [0.05, 0.1) is 35.6 Å². The van der Waals surface area contributed by atoms with E-state index < -0.39 is 17.6 Å². The average Bonchev–Trinajstić information content (AvgIpc) is 3.37. The summed E-state index contributed by atoms with van der Waals surface area (Å²) in [5.41, 5.74) is 5.74. The Morgan fingerprint density at radius 1 is 1.07 bits per heavy atom. The van der Waals surface area contributed by atoms with Crippen LogP contribution in [0.2, 0.25) is 0 Å². The molecular weight excluding hydrogens is 539 g/mol. The maximum atomic E-state index is 14.0. The number of piperidine rings is 1. The highest BCUT2D eigenvalue weighted by Crippen LogP contribution is 2.39. The molecule has 3 aliphatic heterocycles. The van der Waals surface area contributed by atoms with Crippen molar-refractivity contribution in [3.05, 3.63) is 83.4 Å². The van der Waals surface area contributed by atoms with Crippen molar-refractivity contribution in [2.75, 3.05) is 18.8 Å². The lowest BCUT2D eigenvalue weighted by molar-refractivity contribution is -0.171. The molecule has 0 radical (unpaired) electrons. The number of fused-ring (bicyclic) bond motifs is 3. The van der Waals surface area contributed by atoms with Crippen molar-refractivity contribution < 1.29 is 31.9 Å². The predicted molar refractivity (Wildman–Crippen MR) is 143 cm³/mol. The molecule has 2 bridgehead atoms. The Morgan fingerprint density at radius 3 is 2.51 bits per heavy atom. The predicted octanol–water partition coefficient (Wildman–Crippen LogP) is 4.43. The summed E-state index contributed by atoms with van der Waals surface area (Å²) in [6, 6.07) is 10.3. The first-order valence-corrected chi connectivity index (χ1v) is 12.8. The highest BCUT2D eigenvalue weighted by Gasteiger charge is 2.40. The van der Waals surface area contributed by atoms with Crippen molar-refractivity contribution in [2.45, 2.75) is 31.3 Å². The van der Waals surface area contributed by atoms with Gasteiger partial charge < -0.3 is 25.1 Å². The van der Waals surface area contributed by atoms with E-state index in [1.165, 1.54) is 42.7 Å². The minimum Gasteiger partial charge on any atom is -0.459 e. The zero-order valence-electron chi connectivity index (χ0n) is 21.5. The van der Waals surface area contributed by atoms with E-state index in [0.717, 1.165) is 12.5 Å². The van der Waals surface area contributed by atoms with Gasteiger partial charge in [-0.05, 0) is 54.1 Å². The van der Waals surface area contributed by atoms with E-state index in [1.54, 1.807) is 23.1 Å². The number of halogens is 3. The maximum absolute atomic E-state index is 14.0. The van der Waals surface area contributed by atoms with Crippen LogP contribution in [0.15, 0.2) is 65.4 Å². The summed E-state index contributed by atoms with van der Waals surface area (Å²) in [6.45, 7) is 0.910. The molecule has 3 aromatic heterocycles. The number of amides is 2. The number of ether oxygens (including phenoxy) is 1. The third kappa shape index (κ3) is 5.64. The Labute approximate surface area is 231 Å². The second kappa shape index (κ2) is 10.4. The molecule has 9 nitrogen and oxygen atoms in total. The number of benzene rings is 1. The zero-order chi connectivity index (χ0) is 28.7. The van der Waals surface area contributed by atoms with Gasteiger partial charge >= 0.3 is 6.18 Å². The lowest BCUT2D eigenvalue weighted by Crippen LogP contribution is -2.58. The summed E-state index contributed by atoms with van der Waals surface area (Å²) in [7, 11) is 0. The van der Waals surface area contributed by atoms with Gasteiger partial charge in [-0.3, -0.25) is 14.6 Å². The van der Waals surface area contributed by atoms with Crippen LogP contribution in [-0.2, 0) is 22.3 Å². The Hall–Kier alpha value is -4.71. The highest BCUT2D eigenvalue weighted by molar-refractivity contribution is 5.95. The second-order valence-electron chi connectivity index (χ2n) is 9.98. The van der Waals surface area contributed by atoms with E-state index in [2.05, 4.69) is 15.3 Å². The summed E-state index contributed by atoms with van der Waals surface area (Å²) in [5, 5.41) is 2.80. The molecule has 0 saturated carbocycles. The molecule has 3 aliphatic rings. The molecule has 12 heteroatoms. The molecule has 3 N–H and O–H groups in total. The van der Waals surface area contributed by atoms with E-state index in [0.29, 0.717) is 30.0 Å². The number of nitrogens with zero attached hydrogens (tertiary/aromatic N) is 3. The summed E-state index contributed by atoms with van der Waals surface area (Å²) >= 11 is 0. The van der Waals surface area contributed by atoms with Crippen LogP contribution in [0.4, 0.5) is 19.0 Å². The number of nitrogen functional groups attached to an aromatic ring is 1. The number of nitrogens with one attached hydrogen (secondary N) is 1. The van der Waals surface area contributed by atoms with E-state index >= 15 is 0 Å². The van der Waals surface area contributed by atoms with Crippen molar-refractivity contribution in [3.8, 4) is 11.3 Å². The SMILES string of the molecule is Nc1ccc(C=CC(=O)NCc2cc3cc(-c4ccc(C(=O)N5CC6CC(C5)O6)cn4)cc(C(F)(F)F)c3o2)cn1. The van der Waals surface area contributed by atoms with Crippen LogP contribution in [0.3, 0.4) is 0 Å². The first kappa shape index (κ1) is 26.5. The van der Waals surface area contributed by atoms with E-state index in [1.807, 2.05) is 0 Å². The van der Waals surface area contributed by atoms with Crippen molar-refractivity contribution >= 4 is 34.7 Å². The first-order chi connectivity index (χ1) is 19.6. The van der Waals surface area contributed by atoms with Gasteiger partial charge in [-0.1, -0.05) is 0 Å². The molecule has 2 amide bonds. The third-order valence-corrected chi connectivity index (χ3v) is 7.00. The summed E-state index contributed by atoms with van der Waals surface area (Å²) in [4.78, 5) is 35.0. The number of rotatable bonds is 6. The number of furan rings is 1. The molecule has 41 heavy (non-hydrogen) atoms. The van der Waals surface area contributed by atoms with Crippen LogP contribution >= 0.6 is 0 Å². The molecule has 2 atom stereocenters. The minimum atomic E-state index is -4.70. The van der Waals surface area contributed by atoms with Gasteiger partial charge in [-0.2, -0.15) is 13.2 Å². The number of pyridine rings is 2. The van der Waals surface area contributed by atoms with Crippen LogP contribution in [0.25, 0.3) is 28.3 Å². The fourth-order valence-electron chi connectivity index (χ4n) is 4.97. The number of anilines is 1. The number of morpholine rings is 1. The molecule has 3 saturated heterocycles. The first-order valence-electron chi connectivity index (χ1n) is 12.8. The van der Waals surface area contributed by atoms with E-state index in [-0.39, 0.29) is 52.6 Å². The summed E-state index contributed by atoms with van der Waals surface area (Å²) in [6.07, 6.45) is 2.06. The monoisotopic (exact) mass is 563 g/mol. The number of aromatic nitrogens is 2. The van der Waals surface area contributed by atoms with Gasteiger partial charge in [0, 0.05) is 48.9 Å². The molecular formula is C29H24F3N5O4. The van der Waals surface area contributed by atoms with Gasteiger partial charge in [-0.25, -0.2) is 4.98 Å². The Balaban J connectivity index is 1.19. The van der Waals surface area contributed by atoms with E-state index in [9.17, 15) is 22.8 Å². The summed E-state index contributed by atoms with van der Waals surface area (Å²) < 4.78 is 53.1. The van der Waals surface area contributed by atoms with Crippen LogP contribution in [-0.4, -0.2) is 52.0 Å². The highest BCUT2D eigenvalue weighted by atomic mass is 19.4. The van der Waals surface area contributed by atoms with Gasteiger partial charge in [0.2, 0.25) is 5.91 Å². The molecule has 6 heterocycles. The van der Waals surface area contributed by atoms with Crippen molar-refractivity contribution in [1.82, 2.24) is 20.2 Å². The Kier molecular flexibility index (Phi) is 6.70. The molecule has 0 aliphatic carbocycles. The molecule has 2 unspecified atom stereocenters. The lowest BCUT2D eigenvalue weighted by Gasteiger charge is -2.46.